The number of nitrogens with zero attached hydrogens (tertiary/aromatic N) is 2. The highest BCUT2D eigenvalue weighted by Gasteiger charge is 2.22. The summed E-state index contributed by atoms with van der Waals surface area (Å²) in [5.41, 5.74) is 1.73. The highest BCUT2D eigenvalue weighted by Crippen LogP contribution is 2.23. The van der Waals surface area contributed by atoms with Crippen molar-refractivity contribution in [2.75, 3.05) is 34.2 Å². The molecule has 160 valence electrons. The fraction of sp³-hybridized carbons (Fsp3) is 0.591. The number of likely N-dealkylation sites (N-methyl/N-ethyl adjacent to an activating group) is 1. The molecule has 2 rings (SSSR count). The SMILES string of the molecule is CNC(=O)c1cccc(CCNC(=NCC(=O)N(C)C)NC2CCCCC2C)c1. The lowest BCUT2D eigenvalue weighted by Gasteiger charge is -2.31. The number of rotatable bonds is 7. The third-order valence-electron chi connectivity index (χ3n) is 5.43. The smallest absolute Gasteiger partial charge is 0.251 e. The van der Waals surface area contributed by atoms with Gasteiger partial charge in [0.05, 0.1) is 0 Å². The van der Waals surface area contributed by atoms with Crippen LogP contribution in [0.1, 0.15) is 48.5 Å². The first-order valence-corrected chi connectivity index (χ1v) is 10.5. The quantitative estimate of drug-likeness (QED) is 0.480. The number of amides is 2. The van der Waals surface area contributed by atoms with Gasteiger partial charge in [-0.05, 0) is 42.9 Å². The third-order valence-corrected chi connectivity index (χ3v) is 5.43. The van der Waals surface area contributed by atoms with Gasteiger partial charge < -0.3 is 20.9 Å². The van der Waals surface area contributed by atoms with Gasteiger partial charge in [0.15, 0.2) is 5.96 Å². The molecule has 0 aliphatic heterocycles. The fourth-order valence-electron chi connectivity index (χ4n) is 3.48. The Morgan fingerprint density at radius 1 is 1.21 bits per heavy atom. The zero-order chi connectivity index (χ0) is 21.2. The van der Waals surface area contributed by atoms with E-state index >= 15 is 0 Å². The van der Waals surface area contributed by atoms with Crippen molar-refractivity contribution in [1.82, 2.24) is 20.9 Å². The molecule has 3 N–H and O–H groups in total. The van der Waals surface area contributed by atoms with Gasteiger partial charge in [-0.1, -0.05) is 31.9 Å². The van der Waals surface area contributed by atoms with Gasteiger partial charge in [-0.25, -0.2) is 4.99 Å². The summed E-state index contributed by atoms with van der Waals surface area (Å²) in [5, 5.41) is 9.54. The van der Waals surface area contributed by atoms with E-state index in [1.807, 2.05) is 24.3 Å². The summed E-state index contributed by atoms with van der Waals surface area (Å²) in [6, 6.07) is 8.00. The average molecular weight is 402 g/mol. The van der Waals surface area contributed by atoms with Crippen molar-refractivity contribution < 1.29 is 9.59 Å². The molecule has 0 bridgehead atoms. The molecule has 1 aliphatic rings. The molecule has 2 amide bonds. The minimum Gasteiger partial charge on any atom is -0.356 e. The normalized spacial score (nSPS) is 19.4. The standard InChI is InChI=1S/C22H35N5O2/c1-16-8-5-6-11-19(16)26-22(25-15-20(28)27(3)4)24-13-12-17-9-7-10-18(14-17)21(29)23-2/h7,9-10,14,16,19H,5-6,8,11-13,15H2,1-4H3,(H,23,29)(H2,24,25,26). The van der Waals surface area contributed by atoms with Crippen molar-refractivity contribution in [2.24, 2.45) is 10.9 Å². The monoisotopic (exact) mass is 401 g/mol. The Kier molecular flexibility index (Phi) is 8.96. The molecule has 1 aromatic rings. The van der Waals surface area contributed by atoms with Crippen molar-refractivity contribution in [3.63, 3.8) is 0 Å². The van der Waals surface area contributed by atoms with Crippen molar-refractivity contribution in [3.8, 4) is 0 Å². The molecule has 1 fully saturated rings. The molecule has 0 heterocycles. The topological polar surface area (TPSA) is 85.8 Å². The Labute approximate surface area is 174 Å². The largest absolute Gasteiger partial charge is 0.356 e. The van der Waals surface area contributed by atoms with E-state index in [4.69, 9.17) is 0 Å². The lowest BCUT2D eigenvalue weighted by Crippen LogP contribution is -2.48. The van der Waals surface area contributed by atoms with Crippen LogP contribution in [0.2, 0.25) is 0 Å². The molecule has 0 radical (unpaired) electrons. The molecule has 0 saturated heterocycles. The molecular formula is C22H35N5O2. The van der Waals surface area contributed by atoms with Crippen LogP contribution in [0.4, 0.5) is 0 Å². The average Bonchev–Trinajstić information content (AvgIpc) is 2.72. The summed E-state index contributed by atoms with van der Waals surface area (Å²) >= 11 is 0. The molecule has 1 aromatic carbocycles. The predicted molar refractivity (Wildman–Crippen MR) is 117 cm³/mol. The number of carbonyl (C=O) groups excluding carboxylic acids is 2. The molecule has 7 nitrogen and oxygen atoms in total. The van der Waals surface area contributed by atoms with Crippen LogP contribution in [0.5, 0.6) is 0 Å². The zero-order valence-electron chi connectivity index (χ0n) is 18.1. The second-order valence-electron chi connectivity index (χ2n) is 7.92. The Hall–Kier alpha value is -2.57. The maximum absolute atomic E-state index is 12.0. The first-order valence-electron chi connectivity index (χ1n) is 10.5. The van der Waals surface area contributed by atoms with Crippen LogP contribution in [-0.2, 0) is 11.2 Å². The maximum Gasteiger partial charge on any atom is 0.251 e. The van der Waals surface area contributed by atoms with Crippen LogP contribution in [0.15, 0.2) is 29.3 Å². The number of hydrogen-bond donors (Lipinski definition) is 3. The lowest BCUT2D eigenvalue weighted by molar-refractivity contribution is -0.127. The molecule has 29 heavy (non-hydrogen) atoms. The van der Waals surface area contributed by atoms with E-state index in [1.165, 1.54) is 19.3 Å². The van der Waals surface area contributed by atoms with E-state index in [-0.39, 0.29) is 18.4 Å². The van der Waals surface area contributed by atoms with E-state index in [1.54, 1.807) is 26.0 Å². The van der Waals surface area contributed by atoms with Gasteiger partial charge in [0, 0.05) is 39.3 Å². The molecule has 2 atom stereocenters. The van der Waals surface area contributed by atoms with Crippen molar-refractivity contribution >= 4 is 17.8 Å². The minimum atomic E-state index is -0.0859. The van der Waals surface area contributed by atoms with Gasteiger partial charge >= 0.3 is 0 Å². The highest BCUT2D eigenvalue weighted by atomic mass is 16.2. The molecule has 1 aliphatic carbocycles. The fourth-order valence-corrected chi connectivity index (χ4v) is 3.48. The summed E-state index contributed by atoms with van der Waals surface area (Å²) in [6.07, 6.45) is 5.59. The van der Waals surface area contributed by atoms with Crippen molar-refractivity contribution in [1.29, 1.82) is 0 Å². The summed E-state index contributed by atoms with van der Waals surface area (Å²) in [6.45, 7) is 3.06. The summed E-state index contributed by atoms with van der Waals surface area (Å²) < 4.78 is 0. The Morgan fingerprint density at radius 2 is 1.97 bits per heavy atom. The number of hydrogen-bond acceptors (Lipinski definition) is 3. The van der Waals surface area contributed by atoms with Crippen molar-refractivity contribution in [2.45, 2.75) is 45.1 Å². The van der Waals surface area contributed by atoms with E-state index in [9.17, 15) is 9.59 Å². The van der Waals surface area contributed by atoms with Gasteiger partial charge in [0.25, 0.3) is 5.91 Å². The molecule has 0 aromatic heterocycles. The van der Waals surface area contributed by atoms with E-state index < -0.39 is 0 Å². The molecule has 7 heteroatoms. The first-order chi connectivity index (χ1) is 13.9. The van der Waals surface area contributed by atoms with Crippen LogP contribution in [0.25, 0.3) is 0 Å². The first kappa shape index (κ1) is 22.7. The minimum absolute atomic E-state index is 0.0268. The van der Waals surface area contributed by atoms with Crippen LogP contribution in [0, 0.1) is 5.92 Å². The van der Waals surface area contributed by atoms with Crippen molar-refractivity contribution in [3.05, 3.63) is 35.4 Å². The molecule has 2 unspecified atom stereocenters. The number of aliphatic imine (C=N–C) groups is 1. The predicted octanol–water partition coefficient (Wildman–Crippen LogP) is 1.79. The Bertz CT molecular complexity index is 717. The van der Waals surface area contributed by atoms with Gasteiger partial charge in [0.2, 0.25) is 5.91 Å². The van der Waals surface area contributed by atoms with Crippen LogP contribution in [0.3, 0.4) is 0 Å². The van der Waals surface area contributed by atoms with E-state index in [2.05, 4.69) is 27.9 Å². The van der Waals surface area contributed by atoms with Crippen LogP contribution < -0.4 is 16.0 Å². The van der Waals surface area contributed by atoms with Gasteiger partial charge in [0.1, 0.15) is 6.54 Å². The number of guanidine groups is 1. The zero-order valence-corrected chi connectivity index (χ0v) is 18.1. The molecule has 0 spiro atoms. The summed E-state index contributed by atoms with van der Waals surface area (Å²) in [7, 11) is 5.11. The summed E-state index contributed by atoms with van der Waals surface area (Å²) in [4.78, 5) is 29.8. The maximum atomic E-state index is 12.0. The number of benzene rings is 1. The van der Waals surface area contributed by atoms with Gasteiger partial charge in [-0.15, -0.1) is 0 Å². The van der Waals surface area contributed by atoms with E-state index in [0.29, 0.717) is 30.0 Å². The summed E-state index contributed by atoms with van der Waals surface area (Å²) in [5.74, 6) is 1.16. The van der Waals surface area contributed by atoms with Crippen LogP contribution in [-0.4, -0.2) is 62.9 Å². The molecule has 1 saturated carbocycles. The molecular weight excluding hydrogens is 366 g/mol. The lowest BCUT2D eigenvalue weighted by atomic mass is 9.86. The highest BCUT2D eigenvalue weighted by molar-refractivity contribution is 5.94. The van der Waals surface area contributed by atoms with Gasteiger partial charge in [-0.2, -0.15) is 0 Å². The second kappa shape index (κ2) is 11.4. The second-order valence-corrected chi connectivity index (χ2v) is 7.92. The van der Waals surface area contributed by atoms with Crippen LogP contribution >= 0.6 is 0 Å². The van der Waals surface area contributed by atoms with Gasteiger partial charge in [-0.3, -0.25) is 9.59 Å². The number of nitrogens with one attached hydrogen (secondary N) is 3. The Morgan fingerprint density at radius 3 is 2.66 bits per heavy atom. The Balaban J connectivity index is 1.98. The third kappa shape index (κ3) is 7.40. The van der Waals surface area contributed by atoms with E-state index in [0.717, 1.165) is 18.4 Å². The number of carbonyl (C=O) groups is 2.